The van der Waals surface area contributed by atoms with Crippen molar-refractivity contribution in [2.75, 3.05) is 26.2 Å². The number of aryl methyl sites for hydroxylation is 1. The number of halogens is 6. The molecule has 0 saturated carbocycles. The van der Waals surface area contributed by atoms with Gasteiger partial charge in [-0.2, -0.15) is 26.3 Å². The number of fused-ring (bicyclic) bond motifs is 1. The van der Waals surface area contributed by atoms with Gasteiger partial charge >= 0.3 is 24.3 Å². The van der Waals surface area contributed by atoms with Gasteiger partial charge in [-0.25, -0.2) is 9.59 Å². The molecule has 4 heterocycles. The molecule has 0 aromatic carbocycles. The van der Waals surface area contributed by atoms with Gasteiger partial charge in [0.1, 0.15) is 0 Å². The Kier molecular flexibility index (Phi) is 10.9. The lowest BCUT2D eigenvalue weighted by atomic mass is 9.98. The van der Waals surface area contributed by atoms with E-state index in [2.05, 4.69) is 22.9 Å². The van der Waals surface area contributed by atoms with Crippen molar-refractivity contribution in [3.05, 3.63) is 53.7 Å². The zero-order valence-electron chi connectivity index (χ0n) is 20.4. The van der Waals surface area contributed by atoms with Crippen molar-refractivity contribution in [1.82, 2.24) is 14.8 Å². The molecule has 2 saturated heterocycles. The number of pyridine rings is 1. The van der Waals surface area contributed by atoms with Crippen LogP contribution >= 0.6 is 0 Å². The highest BCUT2D eigenvalue weighted by atomic mass is 19.4. The Morgan fingerprint density at radius 1 is 1.03 bits per heavy atom. The molecule has 0 radical (unpaired) electrons. The number of carboxylic acids is 2. The maximum absolute atomic E-state index is 12.8. The molecule has 0 spiro atoms. The van der Waals surface area contributed by atoms with Crippen LogP contribution in [0.2, 0.25) is 0 Å². The molecule has 4 rings (SSSR count). The second-order valence-corrected chi connectivity index (χ2v) is 8.35. The van der Waals surface area contributed by atoms with Crippen molar-refractivity contribution >= 4 is 17.8 Å². The van der Waals surface area contributed by atoms with E-state index in [1.165, 1.54) is 5.56 Å². The summed E-state index contributed by atoms with van der Waals surface area (Å²) in [6, 6.07) is 7.59. The number of carbonyl (C=O) groups is 3. The number of amides is 1. The van der Waals surface area contributed by atoms with Crippen molar-refractivity contribution in [2.24, 2.45) is 0 Å². The van der Waals surface area contributed by atoms with E-state index in [1.807, 2.05) is 17.2 Å². The Bertz CT molecular complexity index is 1080. The minimum atomic E-state index is -5.08. The molecule has 0 bridgehead atoms. The summed E-state index contributed by atoms with van der Waals surface area (Å²) in [6.45, 7) is 5.85. The average molecular weight is 569 g/mol. The topological polar surface area (TPSA) is 133 Å². The third kappa shape index (κ3) is 9.55. The van der Waals surface area contributed by atoms with Crippen LogP contribution in [0, 0.1) is 6.92 Å². The summed E-state index contributed by atoms with van der Waals surface area (Å²) in [4.78, 5) is 39.4. The van der Waals surface area contributed by atoms with Crippen LogP contribution < -0.4 is 0 Å². The first-order chi connectivity index (χ1) is 18.1. The van der Waals surface area contributed by atoms with Crippen LogP contribution in [0.25, 0.3) is 0 Å². The number of nitrogens with zero attached hydrogens (tertiary/aromatic N) is 3. The molecule has 2 aliphatic rings. The molecular weight excluding hydrogens is 544 g/mol. The summed E-state index contributed by atoms with van der Waals surface area (Å²) in [5, 5.41) is 14.2. The number of alkyl halides is 6. The highest BCUT2D eigenvalue weighted by molar-refractivity contribution is 5.91. The van der Waals surface area contributed by atoms with Crippen molar-refractivity contribution in [3.63, 3.8) is 0 Å². The van der Waals surface area contributed by atoms with E-state index in [9.17, 15) is 31.1 Å². The fraction of sp³-hybridized carbons (Fsp3) is 0.478. The van der Waals surface area contributed by atoms with Gasteiger partial charge in [0.05, 0.1) is 30.7 Å². The highest BCUT2D eigenvalue weighted by Crippen LogP contribution is 2.26. The predicted octanol–water partition coefficient (Wildman–Crippen LogP) is 3.37. The number of carboxylic acid groups (broad SMARTS) is 2. The molecule has 1 amide bonds. The minimum absolute atomic E-state index is 0.0424. The molecule has 16 heteroatoms. The largest absolute Gasteiger partial charge is 0.490 e. The number of morpholine rings is 1. The summed E-state index contributed by atoms with van der Waals surface area (Å²) in [7, 11) is 0. The first-order valence-corrected chi connectivity index (χ1v) is 11.3. The van der Waals surface area contributed by atoms with Gasteiger partial charge in [-0.3, -0.25) is 14.7 Å². The standard InChI is InChI=1S/C19H23N3O3.2C2HF3O2/c1-14-4-2-7-20-15(14)12-21-8-6-17-16(13-21)22(9-11-25-17)19(23)18-5-3-10-24-18;2*3-2(4,5)1(6)7/h2-5,7,10,16-17H,6,8-9,11-13H2,1H3;2*(H,6,7)/t16-,17-;;/m0../s1. The van der Waals surface area contributed by atoms with Crippen molar-refractivity contribution < 1.29 is 60.1 Å². The Balaban J connectivity index is 0.000000317. The normalized spacial score (nSPS) is 19.5. The molecule has 39 heavy (non-hydrogen) atoms. The third-order valence-electron chi connectivity index (χ3n) is 5.64. The van der Waals surface area contributed by atoms with Crippen LogP contribution in [0.15, 0.2) is 41.1 Å². The molecule has 2 aromatic rings. The number of ether oxygens (including phenoxy) is 1. The van der Waals surface area contributed by atoms with Gasteiger partial charge in [0, 0.05) is 32.4 Å². The summed E-state index contributed by atoms with van der Waals surface area (Å²) in [6.07, 6.45) is -5.75. The zero-order valence-corrected chi connectivity index (χ0v) is 20.4. The van der Waals surface area contributed by atoms with Gasteiger partial charge in [-0.1, -0.05) is 6.07 Å². The lowest BCUT2D eigenvalue weighted by molar-refractivity contribution is -0.193. The van der Waals surface area contributed by atoms with Crippen LogP contribution in [0.1, 0.15) is 28.2 Å². The Morgan fingerprint density at radius 2 is 1.64 bits per heavy atom. The van der Waals surface area contributed by atoms with E-state index < -0.39 is 24.3 Å². The number of likely N-dealkylation sites (tertiary alicyclic amines) is 1. The maximum atomic E-state index is 12.8. The van der Waals surface area contributed by atoms with E-state index in [0.29, 0.717) is 18.9 Å². The van der Waals surface area contributed by atoms with E-state index in [1.54, 1.807) is 18.4 Å². The van der Waals surface area contributed by atoms with Gasteiger partial charge in [0.2, 0.25) is 0 Å². The summed E-state index contributed by atoms with van der Waals surface area (Å²) < 4.78 is 74.7. The van der Waals surface area contributed by atoms with Crippen molar-refractivity contribution in [2.45, 2.75) is 44.4 Å². The van der Waals surface area contributed by atoms with Gasteiger partial charge < -0.3 is 24.3 Å². The van der Waals surface area contributed by atoms with Crippen LogP contribution in [0.4, 0.5) is 26.3 Å². The molecule has 10 nitrogen and oxygen atoms in total. The molecule has 216 valence electrons. The molecule has 2 N–H and O–H groups in total. The fourth-order valence-corrected chi connectivity index (χ4v) is 3.77. The van der Waals surface area contributed by atoms with Crippen LogP contribution in [0.3, 0.4) is 0 Å². The van der Waals surface area contributed by atoms with Crippen LogP contribution in [0.5, 0.6) is 0 Å². The quantitative estimate of drug-likeness (QED) is 0.534. The molecule has 0 aliphatic carbocycles. The van der Waals surface area contributed by atoms with Crippen LogP contribution in [-0.4, -0.2) is 93.6 Å². The minimum Gasteiger partial charge on any atom is -0.475 e. The number of furan rings is 1. The summed E-state index contributed by atoms with van der Waals surface area (Å²) in [5.74, 6) is -5.16. The van der Waals surface area contributed by atoms with Gasteiger partial charge in [0.25, 0.3) is 5.91 Å². The Labute approximate surface area is 217 Å². The number of hydrogen-bond donors (Lipinski definition) is 2. The second-order valence-electron chi connectivity index (χ2n) is 8.35. The summed E-state index contributed by atoms with van der Waals surface area (Å²) in [5.41, 5.74) is 2.30. The molecule has 2 atom stereocenters. The fourth-order valence-electron chi connectivity index (χ4n) is 3.77. The van der Waals surface area contributed by atoms with Gasteiger partial charge in [-0.15, -0.1) is 0 Å². The molecular formula is C23H25F6N3O7. The number of aromatic nitrogens is 1. The maximum Gasteiger partial charge on any atom is 0.490 e. The number of rotatable bonds is 3. The van der Waals surface area contributed by atoms with Gasteiger partial charge in [0.15, 0.2) is 5.76 Å². The first-order valence-electron chi connectivity index (χ1n) is 11.3. The Morgan fingerprint density at radius 3 is 2.15 bits per heavy atom. The smallest absolute Gasteiger partial charge is 0.475 e. The van der Waals surface area contributed by atoms with Crippen molar-refractivity contribution in [1.29, 1.82) is 0 Å². The van der Waals surface area contributed by atoms with E-state index >= 15 is 0 Å². The first kappa shape index (κ1) is 31.6. The Hall–Kier alpha value is -3.66. The average Bonchev–Trinajstić information content (AvgIpc) is 3.39. The molecule has 2 aliphatic heterocycles. The van der Waals surface area contributed by atoms with Crippen LogP contribution in [-0.2, 0) is 20.9 Å². The number of hydrogen-bond acceptors (Lipinski definition) is 7. The predicted molar refractivity (Wildman–Crippen MR) is 120 cm³/mol. The summed E-state index contributed by atoms with van der Waals surface area (Å²) >= 11 is 0. The SMILES string of the molecule is Cc1cccnc1CN1CC[C@@H]2OCCN(C(=O)c3ccco3)[C@H]2C1.O=C(O)C(F)(F)F.O=C(O)C(F)(F)F. The van der Waals surface area contributed by atoms with Crippen molar-refractivity contribution in [3.8, 4) is 0 Å². The van der Waals surface area contributed by atoms with E-state index in [-0.39, 0.29) is 18.1 Å². The molecule has 0 unspecified atom stereocenters. The third-order valence-corrected chi connectivity index (χ3v) is 5.64. The van der Waals surface area contributed by atoms with E-state index in [4.69, 9.17) is 29.0 Å². The second kappa shape index (κ2) is 13.4. The lowest BCUT2D eigenvalue weighted by Crippen LogP contribution is -2.61. The number of carbonyl (C=O) groups excluding carboxylic acids is 1. The van der Waals surface area contributed by atoms with E-state index in [0.717, 1.165) is 31.7 Å². The molecule has 2 fully saturated rings. The lowest BCUT2D eigenvalue weighted by Gasteiger charge is -2.46. The zero-order chi connectivity index (χ0) is 29.4. The van der Waals surface area contributed by atoms with Gasteiger partial charge in [-0.05, 0) is 37.1 Å². The highest BCUT2D eigenvalue weighted by Gasteiger charge is 2.40. The molecule has 2 aromatic heterocycles. The number of piperidine rings is 1. The number of aliphatic carboxylic acids is 2. The monoisotopic (exact) mass is 569 g/mol.